The maximum absolute atomic E-state index is 12.3. The number of amides is 1. The van der Waals surface area contributed by atoms with Crippen molar-refractivity contribution < 1.29 is 4.79 Å². The van der Waals surface area contributed by atoms with E-state index >= 15 is 0 Å². The summed E-state index contributed by atoms with van der Waals surface area (Å²) in [5.41, 5.74) is 3.84. The van der Waals surface area contributed by atoms with Gasteiger partial charge < -0.3 is 0 Å². The molecule has 1 heterocycles. The van der Waals surface area contributed by atoms with Gasteiger partial charge in [0.05, 0.1) is 5.69 Å². The second-order valence-electron chi connectivity index (χ2n) is 4.59. The molecule has 0 saturated heterocycles. The van der Waals surface area contributed by atoms with Crippen molar-refractivity contribution in [2.75, 3.05) is 4.90 Å². The lowest BCUT2D eigenvalue weighted by atomic mass is 10.1. The Morgan fingerprint density at radius 1 is 1.26 bits per heavy atom. The number of benzene rings is 1. The van der Waals surface area contributed by atoms with Crippen molar-refractivity contribution in [1.82, 2.24) is 0 Å². The van der Waals surface area contributed by atoms with E-state index in [1.807, 2.05) is 19.9 Å². The highest BCUT2D eigenvalue weighted by Gasteiger charge is 2.34. The summed E-state index contributed by atoms with van der Waals surface area (Å²) >= 11 is 6.00. The molecule has 1 aromatic carbocycles. The Hall–Kier alpha value is -2.05. The molecule has 0 bridgehead atoms. The van der Waals surface area contributed by atoms with Crippen LogP contribution in [-0.4, -0.2) is 5.91 Å². The fourth-order valence-corrected chi connectivity index (χ4v) is 2.66. The molecule has 3 nitrogen and oxygen atoms in total. The fourth-order valence-electron chi connectivity index (χ4n) is 2.33. The Labute approximate surface area is 117 Å². The van der Waals surface area contributed by atoms with E-state index in [1.54, 1.807) is 19.1 Å². The zero-order chi connectivity index (χ0) is 14.3. The van der Waals surface area contributed by atoms with Gasteiger partial charge in [-0.05, 0) is 49.6 Å². The van der Waals surface area contributed by atoms with Crippen molar-refractivity contribution in [3.63, 3.8) is 0 Å². The van der Waals surface area contributed by atoms with Gasteiger partial charge in [-0.3, -0.25) is 9.69 Å². The fraction of sp³-hybridized carbons (Fsp3) is 0.200. The van der Waals surface area contributed by atoms with Crippen LogP contribution in [0.1, 0.15) is 18.1 Å². The minimum Gasteiger partial charge on any atom is -0.276 e. The maximum atomic E-state index is 12.3. The van der Waals surface area contributed by atoms with Crippen molar-refractivity contribution in [2.45, 2.75) is 20.8 Å². The third kappa shape index (κ3) is 1.94. The molecule has 0 N–H and O–H groups in total. The van der Waals surface area contributed by atoms with Gasteiger partial charge >= 0.3 is 0 Å². The van der Waals surface area contributed by atoms with Crippen LogP contribution in [0.3, 0.4) is 0 Å². The summed E-state index contributed by atoms with van der Waals surface area (Å²) in [5.74, 6) is -0.321. The first-order valence-electron chi connectivity index (χ1n) is 5.80. The number of carbonyl (C=O) groups is 1. The first kappa shape index (κ1) is 13.4. The molecule has 0 aliphatic carbocycles. The van der Waals surface area contributed by atoms with Crippen LogP contribution in [0.4, 0.5) is 5.69 Å². The Kier molecular flexibility index (Phi) is 3.21. The molecule has 0 fully saturated rings. The van der Waals surface area contributed by atoms with Crippen LogP contribution in [0.5, 0.6) is 0 Å². The number of anilines is 1. The van der Waals surface area contributed by atoms with Gasteiger partial charge in [-0.15, -0.1) is 0 Å². The van der Waals surface area contributed by atoms with E-state index in [2.05, 4.69) is 6.58 Å². The molecule has 1 aromatic rings. The van der Waals surface area contributed by atoms with Crippen molar-refractivity contribution in [2.24, 2.45) is 0 Å². The van der Waals surface area contributed by atoms with Crippen LogP contribution >= 0.6 is 11.6 Å². The number of hydrogen-bond acceptors (Lipinski definition) is 2. The molecular formula is C15H13ClN2O. The SMILES string of the molecule is C=C1C(C)=C(C#N)C(=O)N1c1c(C)cc(Cl)cc1C. The highest BCUT2D eigenvalue weighted by molar-refractivity contribution is 6.31. The van der Waals surface area contributed by atoms with Crippen molar-refractivity contribution in [3.05, 3.63) is 51.7 Å². The van der Waals surface area contributed by atoms with E-state index < -0.39 is 0 Å². The van der Waals surface area contributed by atoms with Crippen molar-refractivity contribution >= 4 is 23.2 Å². The summed E-state index contributed by atoms with van der Waals surface area (Å²) in [7, 11) is 0. The third-order valence-electron chi connectivity index (χ3n) is 3.29. The first-order chi connectivity index (χ1) is 8.88. The van der Waals surface area contributed by atoms with Crippen LogP contribution in [-0.2, 0) is 4.79 Å². The molecule has 2 rings (SSSR count). The Morgan fingerprint density at radius 3 is 2.21 bits per heavy atom. The van der Waals surface area contributed by atoms with Gasteiger partial charge in [-0.1, -0.05) is 18.2 Å². The van der Waals surface area contributed by atoms with Crippen LogP contribution in [0.25, 0.3) is 0 Å². The lowest BCUT2D eigenvalue weighted by molar-refractivity contribution is -0.113. The minimum absolute atomic E-state index is 0.152. The number of halogens is 1. The molecule has 1 aliphatic rings. The number of nitriles is 1. The number of carbonyl (C=O) groups excluding carboxylic acids is 1. The number of allylic oxidation sites excluding steroid dienone is 1. The highest BCUT2D eigenvalue weighted by Crippen LogP contribution is 2.37. The summed E-state index contributed by atoms with van der Waals surface area (Å²) < 4.78 is 0. The molecular weight excluding hydrogens is 260 g/mol. The molecule has 0 atom stereocenters. The summed E-state index contributed by atoms with van der Waals surface area (Å²) in [6.45, 7) is 9.41. The Morgan fingerprint density at radius 2 is 1.79 bits per heavy atom. The van der Waals surface area contributed by atoms with Crippen LogP contribution in [0.2, 0.25) is 5.02 Å². The third-order valence-corrected chi connectivity index (χ3v) is 3.50. The number of rotatable bonds is 1. The molecule has 0 radical (unpaired) electrons. The standard InChI is InChI=1S/C15H13ClN2O/c1-8-5-12(16)6-9(2)14(8)18-11(4)10(3)13(7-17)15(18)19/h5-6H,4H2,1-3H3. The van der Waals surface area contributed by atoms with E-state index in [0.717, 1.165) is 16.8 Å². The van der Waals surface area contributed by atoms with Gasteiger partial charge in [0.15, 0.2) is 0 Å². The quantitative estimate of drug-likeness (QED) is 0.783. The van der Waals surface area contributed by atoms with Gasteiger partial charge in [0.25, 0.3) is 5.91 Å². The maximum Gasteiger partial charge on any atom is 0.273 e. The average Bonchev–Trinajstić information content (AvgIpc) is 2.52. The zero-order valence-electron chi connectivity index (χ0n) is 11.0. The molecule has 1 amide bonds. The van der Waals surface area contributed by atoms with Crippen LogP contribution < -0.4 is 4.90 Å². The molecule has 0 spiro atoms. The molecule has 96 valence electrons. The van der Waals surface area contributed by atoms with E-state index in [0.29, 0.717) is 16.3 Å². The smallest absolute Gasteiger partial charge is 0.273 e. The summed E-state index contributed by atoms with van der Waals surface area (Å²) in [5, 5.41) is 9.68. The zero-order valence-corrected chi connectivity index (χ0v) is 11.8. The number of hydrogen-bond donors (Lipinski definition) is 0. The second-order valence-corrected chi connectivity index (χ2v) is 5.02. The first-order valence-corrected chi connectivity index (χ1v) is 6.17. The molecule has 19 heavy (non-hydrogen) atoms. The van der Waals surface area contributed by atoms with Crippen molar-refractivity contribution in [1.29, 1.82) is 5.26 Å². The van der Waals surface area contributed by atoms with E-state index in [-0.39, 0.29) is 11.5 Å². The Bertz CT molecular complexity index is 657. The van der Waals surface area contributed by atoms with Gasteiger partial charge in [-0.25, -0.2) is 0 Å². The van der Waals surface area contributed by atoms with E-state index in [4.69, 9.17) is 16.9 Å². The van der Waals surface area contributed by atoms with E-state index in [1.165, 1.54) is 4.90 Å². The highest BCUT2D eigenvalue weighted by atomic mass is 35.5. The van der Waals surface area contributed by atoms with E-state index in [9.17, 15) is 4.79 Å². The molecule has 0 aromatic heterocycles. The summed E-state index contributed by atoms with van der Waals surface area (Å²) in [4.78, 5) is 13.8. The topological polar surface area (TPSA) is 44.1 Å². The average molecular weight is 273 g/mol. The molecule has 0 unspecified atom stereocenters. The largest absolute Gasteiger partial charge is 0.276 e. The lowest BCUT2D eigenvalue weighted by Gasteiger charge is -2.23. The van der Waals surface area contributed by atoms with Crippen LogP contribution in [0.15, 0.2) is 35.6 Å². The Balaban J connectivity index is 2.62. The van der Waals surface area contributed by atoms with Gasteiger partial charge in [0.2, 0.25) is 0 Å². The minimum atomic E-state index is -0.321. The monoisotopic (exact) mass is 272 g/mol. The predicted molar refractivity (Wildman–Crippen MR) is 75.9 cm³/mol. The summed E-state index contributed by atoms with van der Waals surface area (Å²) in [6, 6.07) is 5.54. The molecule has 1 aliphatic heterocycles. The second kappa shape index (κ2) is 4.56. The molecule has 0 saturated carbocycles. The number of aryl methyl sites for hydroxylation is 2. The lowest BCUT2D eigenvalue weighted by Crippen LogP contribution is -2.26. The summed E-state index contributed by atoms with van der Waals surface area (Å²) in [6.07, 6.45) is 0. The van der Waals surface area contributed by atoms with Gasteiger partial charge in [0, 0.05) is 10.7 Å². The predicted octanol–water partition coefficient (Wildman–Crippen LogP) is 3.66. The van der Waals surface area contributed by atoms with Crippen LogP contribution in [0, 0.1) is 25.2 Å². The normalized spacial score (nSPS) is 15.2. The van der Waals surface area contributed by atoms with Gasteiger partial charge in [0.1, 0.15) is 11.6 Å². The van der Waals surface area contributed by atoms with Gasteiger partial charge in [-0.2, -0.15) is 5.26 Å². The number of nitrogens with zero attached hydrogens (tertiary/aromatic N) is 2. The molecule has 4 heteroatoms. The van der Waals surface area contributed by atoms with Crippen molar-refractivity contribution in [3.8, 4) is 6.07 Å².